The van der Waals surface area contributed by atoms with Gasteiger partial charge in [-0.2, -0.15) is 0 Å². The minimum atomic E-state index is -0.540. The van der Waals surface area contributed by atoms with Crippen LogP contribution in [0, 0.1) is 0 Å². The molecule has 3 aromatic rings. The topological polar surface area (TPSA) is 93.8 Å². The fourth-order valence-corrected chi connectivity index (χ4v) is 3.52. The molecule has 25 heavy (non-hydrogen) atoms. The predicted octanol–water partition coefficient (Wildman–Crippen LogP) is 3.70. The summed E-state index contributed by atoms with van der Waals surface area (Å²) in [4.78, 5) is 25.6. The van der Waals surface area contributed by atoms with E-state index >= 15 is 0 Å². The zero-order valence-electron chi connectivity index (χ0n) is 13.7. The van der Waals surface area contributed by atoms with Crippen molar-refractivity contribution < 1.29 is 4.79 Å². The zero-order valence-corrected chi connectivity index (χ0v) is 15.2. The van der Waals surface area contributed by atoms with E-state index in [9.17, 15) is 4.79 Å². The first-order chi connectivity index (χ1) is 11.9. The monoisotopic (exact) mass is 373 g/mol. The second-order valence-corrected chi connectivity index (χ2v) is 7.40. The Labute approximate surface area is 154 Å². The van der Waals surface area contributed by atoms with E-state index in [1.54, 1.807) is 36.8 Å². The Morgan fingerprint density at radius 1 is 1.20 bits per heavy atom. The van der Waals surface area contributed by atoms with Gasteiger partial charge in [0.2, 0.25) is 5.95 Å². The molecule has 0 aromatic carbocycles. The molecule has 3 aromatic heterocycles. The van der Waals surface area contributed by atoms with Crippen molar-refractivity contribution in [2.24, 2.45) is 5.73 Å². The van der Waals surface area contributed by atoms with E-state index in [0.29, 0.717) is 21.5 Å². The number of anilines is 1. The number of thiophene rings is 1. The highest BCUT2D eigenvalue weighted by atomic mass is 35.5. The fourth-order valence-electron chi connectivity index (χ4n) is 2.33. The summed E-state index contributed by atoms with van der Waals surface area (Å²) in [5, 5.41) is 3.82. The Morgan fingerprint density at radius 3 is 2.52 bits per heavy atom. The van der Waals surface area contributed by atoms with Crippen LogP contribution in [0.1, 0.15) is 29.2 Å². The molecule has 0 saturated carbocycles. The normalized spacial score (nSPS) is 11.3. The Kier molecular flexibility index (Phi) is 4.69. The highest BCUT2D eigenvalue weighted by molar-refractivity contribution is 7.17. The third-order valence-corrected chi connectivity index (χ3v) is 5.01. The molecule has 0 aliphatic heterocycles. The third-order valence-electron chi connectivity index (χ3n) is 3.56. The summed E-state index contributed by atoms with van der Waals surface area (Å²) < 4.78 is 0. The molecule has 128 valence electrons. The molecule has 0 saturated heterocycles. The SMILES string of the molecule is CC(C)(Nc1ncc(-c2ccc(C(N)=O)s2)cn1)c1ncccc1Cl. The minimum absolute atomic E-state index is 0.440. The number of hydrogen-bond donors (Lipinski definition) is 2. The molecule has 6 nitrogen and oxygen atoms in total. The second kappa shape index (κ2) is 6.78. The van der Waals surface area contributed by atoms with Crippen LogP contribution in [-0.2, 0) is 5.54 Å². The van der Waals surface area contributed by atoms with Crippen LogP contribution in [0.3, 0.4) is 0 Å². The molecule has 0 aliphatic rings. The first-order valence-corrected chi connectivity index (χ1v) is 8.67. The van der Waals surface area contributed by atoms with Crippen LogP contribution in [0.5, 0.6) is 0 Å². The second-order valence-electron chi connectivity index (χ2n) is 5.91. The van der Waals surface area contributed by atoms with Gasteiger partial charge < -0.3 is 11.1 Å². The van der Waals surface area contributed by atoms with E-state index in [2.05, 4.69) is 20.3 Å². The lowest BCUT2D eigenvalue weighted by Crippen LogP contribution is -2.30. The number of nitrogens with one attached hydrogen (secondary N) is 1. The number of primary amides is 1. The van der Waals surface area contributed by atoms with Crippen molar-refractivity contribution in [3.63, 3.8) is 0 Å². The highest BCUT2D eigenvalue weighted by Crippen LogP contribution is 2.30. The quantitative estimate of drug-likeness (QED) is 0.711. The summed E-state index contributed by atoms with van der Waals surface area (Å²) in [5.74, 6) is 0.0200. The number of halogens is 1. The molecule has 0 fully saturated rings. The van der Waals surface area contributed by atoms with E-state index in [4.69, 9.17) is 17.3 Å². The average Bonchev–Trinajstić information content (AvgIpc) is 3.06. The van der Waals surface area contributed by atoms with Gasteiger partial charge in [-0.3, -0.25) is 9.78 Å². The van der Waals surface area contributed by atoms with Crippen molar-refractivity contribution in [3.05, 3.63) is 58.4 Å². The maximum absolute atomic E-state index is 11.2. The average molecular weight is 374 g/mol. The smallest absolute Gasteiger partial charge is 0.258 e. The first-order valence-electron chi connectivity index (χ1n) is 7.48. The van der Waals surface area contributed by atoms with Gasteiger partial charge in [-0.1, -0.05) is 11.6 Å². The van der Waals surface area contributed by atoms with Crippen LogP contribution in [0.25, 0.3) is 10.4 Å². The number of hydrogen-bond acceptors (Lipinski definition) is 6. The van der Waals surface area contributed by atoms with Crippen LogP contribution >= 0.6 is 22.9 Å². The maximum atomic E-state index is 11.2. The number of carbonyl (C=O) groups excluding carboxylic acids is 1. The molecule has 8 heteroatoms. The number of nitrogens with zero attached hydrogens (tertiary/aromatic N) is 3. The van der Waals surface area contributed by atoms with E-state index in [1.165, 1.54) is 11.3 Å². The lowest BCUT2D eigenvalue weighted by molar-refractivity contribution is 0.100. The molecule has 0 aliphatic carbocycles. The van der Waals surface area contributed by atoms with Gasteiger partial charge >= 0.3 is 0 Å². The molecule has 3 heterocycles. The van der Waals surface area contributed by atoms with E-state index in [-0.39, 0.29) is 0 Å². The minimum Gasteiger partial charge on any atom is -0.365 e. The van der Waals surface area contributed by atoms with Gasteiger partial charge in [0.25, 0.3) is 5.91 Å². The van der Waals surface area contributed by atoms with Crippen molar-refractivity contribution in [1.82, 2.24) is 15.0 Å². The lowest BCUT2D eigenvalue weighted by atomic mass is 10.00. The molecule has 0 radical (unpaired) electrons. The highest BCUT2D eigenvalue weighted by Gasteiger charge is 2.25. The molecular weight excluding hydrogens is 358 g/mol. The number of aromatic nitrogens is 3. The number of pyridine rings is 1. The number of carbonyl (C=O) groups is 1. The van der Waals surface area contributed by atoms with Crippen LogP contribution in [0.15, 0.2) is 42.9 Å². The number of rotatable bonds is 5. The lowest BCUT2D eigenvalue weighted by Gasteiger charge is -2.26. The Balaban J connectivity index is 1.80. The molecule has 0 bridgehead atoms. The van der Waals surface area contributed by atoms with Gasteiger partial charge in [-0.25, -0.2) is 9.97 Å². The molecule has 0 atom stereocenters. The van der Waals surface area contributed by atoms with Gasteiger partial charge in [-0.15, -0.1) is 11.3 Å². The first kappa shape index (κ1) is 17.3. The molecule has 3 rings (SSSR count). The molecule has 3 N–H and O–H groups in total. The Morgan fingerprint density at radius 2 is 1.92 bits per heavy atom. The molecule has 1 amide bonds. The van der Waals surface area contributed by atoms with Crippen molar-refractivity contribution in [1.29, 1.82) is 0 Å². The molecule has 0 spiro atoms. The zero-order chi connectivity index (χ0) is 18.0. The third kappa shape index (κ3) is 3.78. The summed E-state index contributed by atoms with van der Waals surface area (Å²) in [6.07, 6.45) is 5.09. The summed E-state index contributed by atoms with van der Waals surface area (Å²) in [6.45, 7) is 3.91. The standard InChI is InChI=1S/C17H16ClN5OS/c1-17(2,14-11(18)4-3-7-20-14)23-16-21-8-10(9-22-16)12-5-6-13(25-12)15(19)24/h3-9H,1-2H3,(H2,19,24)(H,21,22,23). The maximum Gasteiger partial charge on any atom is 0.258 e. The summed E-state index contributed by atoms with van der Waals surface area (Å²) in [6, 6.07) is 7.10. The van der Waals surface area contributed by atoms with Crippen LogP contribution in [0.4, 0.5) is 5.95 Å². The fraction of sp³-hybridized carbons (Fsp3) is 0.176. The van der Waals surface area contributed by atoms with Gasteiger partial charge in [-0.05, 0) is 38.1 Å². The van der Waals surface area contributed by atoms with Crippen molar-refractivity contribution >= 4 is 34.8 Å². The predicted molar refractivity (Wildman–Crippen MR) is 99.8 cm³/mol. The van der Waals surface area contributed by atoms with Gasteiger partial charge in [0.1, 0.15) is 0 Å². The van der Waals surface area contributed by atoms with Gasteiger partial charge in [0.15, 0.2) is 0 Å². The summed E-state index contributed by atoms with van der Waals surface area (Å²) in [5.41, 5.74) is 6.27. The summed E-state index contributed by atoms with van der Waals surface area (Å²) >= 11 is 7.54. The van der Waals surface area contributed by atoms with E-state index < -0.39 is 11.4 Å². The van der Waals surface area contributed by atoms with Crippen LogP contribution in [0.2, 0.25) is 5.02 Å². The Bertz CT molecular complexity index is 907. The molecule has 0 unspecified atom stereocenters. The van der Waals surface area contributed by atoms with Gasteiger partial charge in [0, 0.05) is 29.0 Å². The van der Waals surface area contributed by atoms with Crippen molar-refractivity contribution in [2.75, 3.05) is 5.32 Å². The van der Waals surface area contributed by atoms with Gasteiger partial charge in [0.05, 0.1) is 21.1 Å². The summed E-state index contributed by atoms with van der Waals surface area (Å²) in [7, 11) is 0. The number of nitrogens with two attached hydrogens (primary N) is 1. The van der Waals surface area contributed by atoms with Crippen molar-refractivity contribution in [2.45, 2.75) is 19.4 Å². The van der Waals surface area contributed by atoms with E-state index in [1.807, 2.05) is 19.9 Å². The van der Waals surface area contributed by atoms with Crippen molar-refractivity contribution in [3.8, 4) is 10.4 Å². The van der Waals surface area contributed by atoms with Crippen LogP contribution < -0.4 is 11.1 Å². The number of amides is 1. The molecular formula is C17H16ClN5OS. The Hall–Kier alpha value is -2.51. The van der Waals surface area contributed by atoms with E-state index in [0.717, 1.165) is 10.4 Å². The largest absolute Gasteiger partial charge is 0.365 e. The van der Waals surface area contributed by atoms with Crippen LogP contribution in [-0.4, -0.2) is 20.9 Å².